The molecular weight excluding hydrogens is 390 g/mol. The summed E-state index contributed by atoms with van der Waals surface area (Å²) in [5.41, 5.74) is 4.33. The van der Waals surface area contributed by atoms with E-state index in [0.29, 0.717) is 24.9 Å². The Bertz CT molecular complexity index is 1090. The molecule has 160 valence electrons. The summed E-state index contributed by atoms with van der Waals surface area (Å²) >= 11 is 0. The van der Waals surface area contributed by atoms with Crippen molar-refractivity contribution in [3.63, 3.8) is 0 Å². The lowest BCUT2D eigenvalue weighted by Gasteiger charge is -2.09. The minimum atomic E-state index is 0.471. The zero-order valence-electron chi connectivity index (χ0n) is 18.0. The Labute approximate surface area is 181 Å². The standard InChI is InChI=1S/C23H27N7O/c1-3-5-14-30-21(24-23(27-30)31-15-4-2)16-17-10-12-18(13-11-17)19-8-6-7-9-20(19)22-25-28-29-26-22/h6-13H,3-5,14-16H2,1-2H3,(H,25,26,28,29). The lowest BCUT2D eigenvalue weighted by Crippen LogP contribution is -2.06. The molecule has 0 fully saturated rings. The second kappa shape index (κ2) is 9.97. The molecule has 0 bridgehead atoms. The number of hydrogen-bond donors (Lipinski definition) is 1. The molecule has 8 nitrogen and oxygen atoms in total. The highest BCUT2D eigenvalue weighted by molar-refractivity contribution is 5.80. The summed E-state index contributed by atoms with van der Waals surface area (Å²) < 4.78 is 7.64. The van der Waals surface area contributed by atoms with Gasteiger partial charge in [-0.3, -0.25) is 0 Å². The number of ether oxygens (including phenoxy) is 1. The normalized spacial score (nSPS) is 11.0. The Balaban J connectivity index is 1.55. The predicted molar refractivity (Wildman–Crippen MR) is 119 cm³/mol. The number of rotatable bonds is 10. The minimum Gasteiger partial charge on any atom is -0.462 e. The van der Waals surface area contributed by atoms with Crippen molar-refractivity contribution in [2.75, 3.05) is 6.61 Å². The topological polar surface area (TPSA) is 94.4 Å². The molecule has 8 heteroatoms. The second-order valence-corrected chi connectivity index (χ2v) is 7.40. The first-order chi connectivity index (χ1) is 15.3. The molecule has 2 aromatic heterocycles. The van der Waals surface area contributed by atoms with Crippen LogP contribution in [0.15, 0.2) is 48.5 Å². The van der Waals surface area contributed by atoms with Crippen LogP contribution in [0.5, 0.6) is 6.01 Å². The van der Waals surface area contributed by atoms with E-state index >= 15 is 0 Å². The maximum absolute atomic E-state index is 5.66. The van der Waals surface area contributed by atoms with Crippen LogP contribution in [0, 0.1) is 0 Å². The highest BCUT2D eigenvalue weighted by Gasteiger charge is 2.13. The molecule has 1 N–H and O–H groups in total. The molecule has 0 saturated heterocycles. The molecule has 0 spiro atoms. The Hall–Kier alpha value is -3.55. The van der Waals surface area contributed by atoms with Crippen LogP contribution in [0.25, 0.3) is 22.5 Å². The smallest absolute Gasteiger partial charge is 0.335 e. The van der Waals surface area contributed by atoms with Crippen molar-refractivity contribution in [2.24, 2.45) is 0 Å². The van der Waals surface area contributed by atoms with Crippen LogP contribution in [0.3, 0.4) is 0 Å². The van der Waals surface area contributed by atoms with Gasteiger partial charge in [-0.05, 0) is 40.0 Å². The van der Waals surface area contributed by atoms with Gasteiger partial charge >= 0.3 is 6.01 Å². The summed E-state index contributed by atoms with van der Waals surface area (Å²) in [4.78, 5) is 4.63. The summed E-state index contributed by atoms with van der Waals surface area (Å²) in [5, 5.41) is 18.8. The van der Waals surface area contributed by atoms with Gasteiger partial charge in [-0.1, -0.05) is 68.8 Å². The van der Waals surface area contributed by atoms with Crippen molar-refractivity contribution in [1.82, 2.24) is 35.4 Å². The molecule has 0 unspecified atom stereocenters. The van der Waals surface area contributed by atoms with Gasteiger partial charge in [-0.2, -0.15) is 4.98 Å². The molecule has 0 atom stereocenters. The number of aryl methyl sites for hydroxylation is 1. The van der Waals surface area contributed by atoms with E-state index in [9.17, 15) is 0 Å². The summed E-state index contributed by atoms with van der Waals surface area (Å²) in [5.74, 6) is 1.59. The van der Waals surface area contributed by atoms with Crippen LogP contribution in [0.4, 0.5) is 0 Å². The molecule has 0 aliphatic carbocycles. The summed E-state index contributed by atoms with van der Waals surface area (Å²) in [7, 11) is 0. The zero-order chi connectivity index (χ0) is 21.5. The highest BCUT2D eigenvalue weighted by Crippen LogP contribution is 2.30. The molecule has 2 aromatic carbocycles. The first-order valence-electron chi connectivity index (χ1n) is 10.8. The number of tetrazole rings is 1. The quantitative estimate of drug-likeness (QED) is 0.413. The van der Waals surface area contributed by atoms with E-state index in [1.807, 2.05) is 22.9 Å². The SMILES string of the molecule is CCCCn1nc(OCCC)nc1Cc1ccc(-c2ccccc2-c2nnn[nH]2)cc1. The largest absolute Gasteiger partial charge is 0.462 e. The average molecular weight is 418 g/mol. The van der Waals surface area contributed by atoms with E-state index < -0.39 is 0 Å². The van der Waals surface area contributed by atoms with Crippen LogP contribution in [0.1, 0.15) is 44.5 Å². The van der Waals surface area contributed by atoms with Gasteiger partial charge in [0.05, 0.1) is 6.61 Å². The Morgan fingerprint density at radius 3 is 2.48 bits per heavy atom. The number of benzene rings is 2. The van der Waals surface area contributed by atoms with Gasteiger partial charge in [-0.15, -0.1) is 10.2 Å². The van der Waals surface area contributed by atoms with Crippen molar-refractivity contribution in [1.29, 1.82) is 0 Å². The van der Waals surface area contributed by atoms with Crippen molar-refractivity contribution in [2.45, 2.75) is 46.1 Å². The fraction of sp³-hybridized carbons (Fsp3) is 0.348. The van der Waals surface area contributed by atoms with Gasteiger partial charge in [0.2, 0.25) is 0 Å². The predicted octanol–water partition coefficient (Wildman–Crippen LogP) is 4.30. The molecule has 0 amide bonds. The lowest BCUT2D eigenvalue weighted by molar-refractivity contribution is 0.290. The maximum atomic E-state index is 5.66. The van der Waals surface area contributed by atoms with Crippen LogP contribution in [-0.2, 0) is 13.0 Å². The monoisotopic (exact) mass is 417 g/mol. The van der Waals surface area contributed by atoms with Crippen LogP contribution in [-0.4, -0.2) is 42.0 Å². The van der Waals surface area contributed by atoms with Gasteiger partial charge in [0.1, 0.15) is 5.82 Å². The van der Waals surface area contributed by atoms with E-state index in [1.165, 1.54) is 5.56 Å². The van der Waals surface area contributed by atoms with Crippen molar-refractivity contribution < 1.29 is 4.74 Å². The minimum absolute atomic E-state index is 0.471. The second-order valence-electron chi connectivity index (χ2n) is 7.40. The summed E-state index contributed by atoms with van der Waals surface area (Å²) in [6.07, 6.45) is 3.82. The Kier molecular flexibility index (Phi) is 6.66. The number of nitrogens with zero attached hydrogens (tertiary/aromatic N) is 6. The Morgan fingerprint density at radius 1 is 0.968 bits per heavy atom. The summed E-state index contributed by atoms with van der Waals surface area (Å²) in [6.45, 7) is 5.74. The summed E-state index contributed by atoms with van der Waals surface area (Å²) in [6, 6.07) is 17.1. The van der Waals surface area contributed by atoms with Crippen LogP contribution >= 0.6 is 0 Å². The average Bonchev–Trinajstić information content (AvgIpc) is 3.47. The first-order valence-corrected chi connectivity index (χ1v) is 10.8. The van der Waals surface area contributed by atoms with Gasteiger partial charge in [0.15, 0.2) is 5.82 Å². The van der Waals surface area contributed by atoms with Crippen LogP contribution < -0.4 is 4.74 Å². The van der Waals surface area contributed by atoms with Crippen molar-refractivity contribution in [3.8, 4) is 28.5 Å². The van der Waals surface area contributed by atoms with Gasteiger partial charge in [-0.25, -0.2) is 9.78 Å². The number of hydrogen-bond acceptors (Lipinski definition) is 6. The number of aromatic nitrogens is 7. The Morgan fingerprint density at radius 2 is 1.77 bits per heavy atom. The molecular formula is C23H27N7O. The molecule has 31 heavy (non-hydrogen) atoms. The maximum Gasteiger partial charge on any atom is 0.335 e. The molecule has 4 aromatic rings. The third kappa shape index (κ3) is 4.96. The van der Waals surface area contributed by atoms with E-state index in [4.69, 9.17) is 4.74 Å². The van der Waals surface area contributed by atoms with E-state index in [2.05, 4.69) is 74.9 Å². The van der Waals surface area contributed by atoms with E-state index in [-0.39, 0.29) is 0 Å². The lowest BCUT2D eigenvalue weighted by atomic mass is 9.98. The fourth-order valence-electron chi connectivity index (χ4n) is 3.42. The van der Waals surface area contributed by atoms with Gasteiger partial charge in [0, 0.05) is 18.5 Å². The number of H-pyrrole nitrogens is 1. The third-order valence-electron chi connectivity index (χ3n) is 5.04. The first kappa shape index (κ1) is 20.7. The van der Waals surface area contributed by atoms with E-state index in [0.717, 1.165) is 48.3 Å². The molecule has 0 radical (unpaired) electrons. The van der Waals surface area contributed by atoms with Crippen LogP contribution in [0.2, 0.25) is 0 Å². The van der Waals surface area contributed by atoms with E-state index in [1.54, 1.807) is 0 Å². The highest BCUT2D eigenvalue weighted by atomic mass is 16.5. The molecule has 2 heterocycles. The zero-order valence-corrected chi connectivity index (χ0v) is 18.0. The number of nitrogens with one attached hydrogen (secondary N) is 1. The number of unbranched alkanes of at least 4 members (excludes halogenated alkanes) is 1. The van der Waals surface area contributed by atoms with Crippen molar-refractivity contribution in [3.05, 3.63) is 59.9 Å². The third-order valence-corrected chi connectivity index (χ3v) is 5.04. The molecule has 0 aliphatic heterocycles. The molecule has 0 aliphatic rings. The number of aromatic amines is 1. The van der Waals surface area contributed by atoms with Gasteiger partial charge in [0.25, 0.3) is 0 Å². The van der Waals surface area contributed by atoms with Gasteiger partial charge < -0.3 is 4.74 Å². The van der Waals surface area contributed by atoms with Crippen molar-refractivity contribution >= 4 is 0 Å². The molecule has 0 saturated carbocycles. The fourth-order valence-corrected chi connectivity index (χ4v) is 3.42. The molecule has 4 rings (SSSR count).